The second kappa shape index (κ2) is 4.53. The van der Waals surface area contributed by atoms with Crippen molar-refractivity contribution in [3.63, 3.8) is 0 Å². The Bertz CT molecular complexity index is 666. The molecule has 0 aliphatic carbocycles. The molecule has 1 nitrogen and oxygen atoms in total. The van der Waals surface area contributed by atoms with Crippen molar-refractivity contribution < 1.29 is 0 Å². The van der Waals surface area contributed by atoms with Crippen LogP contribution in [0.1, 0.15) is 5.56 Å². The fourth-order valence-electron chi connectivity index (χ4n) is 2.31. The summed E-state index contributed by atoms with van der Waals surface area (Å²) in [6, 6.07) is 23.0. The van der Waals surface area contributed by atoms with Gasteiger partial charge < -0.3 is 5.32 Å². The van der Waals surface area contributed by atoms with Crippen molar-refractivity contribution in [2.45, 2.75) is 6.92 Å². The van der Waals surface area contributed by atoms with Gasteiger partial charge in [-0.05, 0) is 36.1 Å². The standard InChI is InChI=1S/C17H15N/c1-13-7-5-8-14-9-6-12-16(17(13)14)18-15-10-3-2-4-11-15/h2-12,18H,1H3. The third-order valence-electron chi connectivity index (χ3n) is 3.17. The van der Waals surface area contributed by atoms with E-state index in [1.807, 2.05) is 18.2 Å². The maximum Gasteiger partial charge on any atom is 0.0466 e. The number of hydrogen-bond donors (Lipinski definition) is 1. The normalized spacial score (nSPS) is 10.5. The first-order valence-electron chi connectivity index (χ1n) is 6.15. The van der Waals surface area contributed by atoms with Crippen LogP contribution in [0.5, 0.6) is 0 Å². The lowest BCUT2D eigenvalue weighted by Gasteiger charge is -2.11. The average molecular weight is 233 g/mol. The highest BCUT2D eigenvalue weighted by molar-refractivity contribution is 5.97. The van der Waals surface area contributed by atoms with Crippen LogP contribution in [0.4, 0.5) is 11.4 Å². The van der Waals surface area contributed by atoms with E-state index in [9.17, 15) is 0 Å². The van der Waals surface area contributed by atoms with E-state index in [0.717, 1.165) is 11.4 Å². The molecule has 0 saturated heterocycles. The van der Waals surface area contributed by atoms with Crippen LogP contribution in [0.15, 0.2) is 66.7 Å². The van der Waals surface area contributed by atoms with Crippen molar-refractivity contribution in [2.24, 2.45) is 0 Å². The summed E-state index contributed by atoms with van der Waals surface area (Å²) in [5.41, 5.74) is 3.58. The summed E-state index contributed by atoms with van der Waals surface area (Å²) >= 11 is 0. The molecule has 1 N–H and O–H groups in total. The molecule has 1 heteroatoms. The number of para-hydroxylation sites is 1. The van der Waals surface area contributed by atoms with E-state index >= 15 is 0 Å². The predicted octanol–water partition coefficient (Wildman–Crippen LogP) is 4.89. The molecular formula is C17H15N. The quantitative estimate of drug-likeness (QED) is 0.664. The monoisotopic (exact) mass is 233 g/mol. The van der Waals surface area contributed by atoms with Crippen molar-refractivity contribution >= 4 is 22.1 Å². The number of nitrogens with one attached hydrogen (secondary N) is 1. The molecule has 0 unspecified atom stereocenters. The van der Waals surface area contributed by atoms with Crippen LogP contribution in [0, 0.1) is 6.92 Å². The maximum atomic E-state index is 3.49. The Morgan fingerprint density at radius 3 is 2.22 bits per heavy atom. The Hall–Kier alpha value is -2.28. The molecule has 0 aromatic heterocycles. The summed E-state index contributed by atoms with van der Waals surface area (Å²) < 4.78 is 0. The summed E-state index contributed by atoms with van der Waals surface area (Å²) in [6.07, 6.45) is 0. The first-order chi connectivity index (χ1) is 8.84. The highest BCUT2D eigenvalue weighted by atomic mass is 14.9. The number of rotatable bonds is 2. The molecule has 0 heterocycles. The lowest BCUT2D eigenvalue weighted by molar-refractivity contribution is 1.51. The van der Waals surface area contributed by atoms with Gasteiger partial charge in [-0.1, -0.05) is 48.5 Å². The van der Waals surface area contributed by atoms with Gasteiger partial charge in [0.1, 0.15) is 0 Å². The van der Waals surface area contributed by atoms with Crippen LogP contribution >= 0.6 is 0 Å². The SMILES string of the molecule is Cc1cccc2cccc(Nc3ccccc3)c12. The molecule has 0 aliphatic heterocycles. The molecule has 0 amide bonds. The Morgan fingerprint density at radius 2 is 1.44 bits per heavy atom. The zero-order valence-electron chi connectivity index (χ0n) is 10.4. The van der Waals surface area contributed by atoms with Crippen LogP contribution in [0.25, 0.3) is 10.8 Å². The summed E-state index contributed by atoms with van der Waals surface area (Å²) in [5, 5.41) is 6.06. The largest absolute Gasteiger partial charge is 0.355 e. The number of benzene rings is 3. The van der Waals surface area contributed by atoms with Gasteiger partial charge in [0.15, 0.2) is 0 Å². The first kappa shape index (κ1) is 10.8. The molecule has 0 bridgehead atoms. The molecule has 3 rings (SSSR count). The second-order valence-corrected chi connectivity index (χ2v) is 4.47. The van der Waals surface area contributed by atoms with Crippen LogP contribution in [-0.4, -0.2) is 0 Å². The summed E-state index contributed by atoms with van der Waals surface area (Å²) in [5.74, 6) is 0. The second-order valence-electron chi connectivity index (χ2n) is 4.47. The van der Waals surface area contributed by atoms with Crippen molar-refractivity contribution in [3.05, 3.63) is 72.3 Å². The van der Waals surface area contributed by atoms with Crippen LogP contribution in [-0.2, 0) is 0 Å². The highest BCUT2D eigenvalue weighted by Gasteiger charge is 2.03. The Morgan fingerprint density at radius 1 is 0.722 bits per heavy atom. The van der Waals surface area contributed by atoms with Crippen LogP contribution < -0.4 is 5.32 Å². The van der Waals surface area contributed by atoms with E-state index in [1.54, 1.807) is 0 Å². The van der Waals surface area contributed by atoms with Crippen molar-refractivity contribution in [2.75, 3.05) is 5.32 Å². The molecule has 0 spiro atoms. The molecule has 0 saturated carbocycles. The van der Waals surface area contributed by atoms with E-state index in [-0.39, 0.29) is 0 Å². The lowest BCUT2D eigenvalue weighted by Crippen LogP contribution is -1.92. The predicted molar refractivity (Wildman–Crippen MR) is 78.4 cm³/mol. The molecular weight excluding hydrogens is 218 g/mol. The van der Waals surface area contributed by atoms with E-state index in [4.69, 9.17) is 0 Å². The summed E-state index contributed by atoms with van der Waals surface area (Å²) in [6.45, 7) is 2.15. The fourth-order valence-corrected chi connectivity index (χ4v) is 2.31. The van der Waals surface area contributed by atoms with Gasteiger partial charge in [0.25, 0.3) is 0 Å². The fraction of sp³-hybridized carbons (Fsp3) is 0.0588. The zero-order valence-corrected chi connectivity index (χ0v) is 10.4. The van der Waals surface area contributed by atoms with E-state index < -0.39 is 0 Å². The van der Waals surface area contributed by atoms with Gasteiger partial charge in [0, 0.05) is 16.8 Å². The zero-order chi connectivity index (χ0) is 12.4. The van der Waals surface area contributed by atoms with Gasteiger partial charge in [-0.3, -0.25) is 0 Å². The van der Waals surface area contributed by atoms with Crippen LogP contribution in [0.3, 0.4) is 0 Å². The maximum absolute atomic E-state index is 3.49. The molecule has 0 radical (unpaired) electrons. The van der Waals surface area contributed by atoms with Crippen LogP contribution in [0.2, 0.25) is 0 Å². The minimum Gasteiger partial charge on any atom is -0.355 e. The molecule has 0 fully saturated rings. The van der Waals surface area contributed by atoms with Crippen molar-refractivity contribution in [1.29, 1.82) is 0 Å². The topological polar surface area (TPSA) is 12.0 Å². The Labute approximate surface area is 107 Å². The third-order valence-corrected chi connectivity index (χ3v) is 3.17. The number of aryl methyl sites for hydroxylation is 1. The average Bonchev–Trinajstić information content (AvgIpc) is 2.40. The van der Waals surface area contributed by atoms with Crippen molar-refractivity contribution in [1.82, 2.24) is 0 Å². The van der Waals surface area contributed by atoms with Gasteiger partial charge >= 0.3 is 0 Å². The van der Waals surface area contributed by atoms with Gasteiger partial charge in [-0.25, -0.2) is 0 Å². The Balaban J connectivity index is 2.12. The summed E-state index contributed by atoms with van der Waals surface area (Å²) in [4.78, 5) is 0. The number of hydrogen-bond acceptors (Lipinski definition) is 1. The van der Waals surface area contributed by atoms with E-state index in [2.05, 4.69) is 60.8 Å². The Kier molecular flexibility index (Phi) is 2.73. The molecule has 18 heavy (non-hydrogen) atoms. The first-order valence-corrected chi connectivity index (χ1v) is 6.15. The molecule has 0 aliphatic rings. The van der Waals surface area contributed by atoms with Gasteiger partial charge in [-0.2, -0.15) is 0 Å². The van der Waals surface area contributed by atoms with Gasteiger partial charge in [0.05, 0.1) is 0 Å². The minimum atomic E-state index is 1.12. The molecule has 3 aromatic rings. The van der Waals surface area contributed by atoms with Crippen molar-refractivity contribution in [3.8, 4) is 0 Å². The molecule has 3 aromatic carbocycles. The van der Waals surface area contributed by atoms with E-state index in [1.165, 1.54) is 16.3 Å². The summed E-state index contributed by atoms with van der Waals surface area (Å²) in [7, 11) is 0. The van der Waals surface area contributed by atoms with Gasteiger partial charge in [0.2, 0.25) is 0 Å². The number of fused-ring (bicyclic) bond motifs is 1. The lowest BCUT2D eigenvalue weighted by atomic mass is 10.0. The third kappa shape index (κ3) is 1.95. The van der Waals surface area contributed by atoms with E-state index in [0.29, 0.717) is 0 Å². The molecule has 0 atom stereocenters. The number of anilines is 2. The minimum absolute atomic E-state index is 1.12. The highest BCUT2D eigenvalue weighted by Crippen LogP contribution is 2.28. The molecule has 88 valence electrons. The van der Waals surface area contributed by atoms with Gasteiger partial charge in [-0.15, -0.1) is 0 Å². The smallest absolute Gasteiger partial charge is 0.0466 e.